The number of nitrogens with zero attached hydrogens (tertiary/aromatic N) is 2. The lowest BCUT2D eigenvalue weighted by molar-refractivity contribution is -0.122. The number of methoxy groups -OCH3 is 1. The number of ether oxygens (including phenoxy) is 2. The molecule has 1 unspecified atom stereocenters. The topological polar surface area (TPSA) is 51.7 Å². The van der Waals surface area contributed by atoms with Crippen LogP contribution in [-0.4, -0.2) is 44.4 Å². The second kappa shape index (κ2) is 6.51. The Labute approximate surface area is 127 Å². The first kappa shape index (κ1) is 14.4. The van der Waals surface area contributed by atoms with Gasteiger partial charge >= 0.3 is 0 Å². The van der Waals surface area contributed by atoms with Crippen molar-refractivity contribution >= 4 is 32.6 Å². The zero-order valence-electron chi connectivity index (χ0n) is 11.9. The summed E-state index contributed by atoms with van der Waals surface area (Å²) in [5.74, 6) is 0.0254. The van der Waals surface area contributed by atoms with Gasteiger partial charge in [-0.3, -0.25) is 9.69 Å². The molecule has 1 aliphatic rings. The average Bonchev–Trinajstić information content (AvgIpc) is 3.16. The van der Waals surface area contributed by atoms with E-state index in [0.29, 0.717) is 26.4 Å². The fraction of sp³-hybridized carbons (Fsp3) is 0.467. The molecule has 1 amide bonds. The van der Waals surface area contributed by atoms with Crippen molar-refractivity contribution in [1.29, 1.82) is 0 Å². The lowest BCUT2D eigenvalue weighted by Crippen LogP contribution is -2.38. The average molecular weight is 306 g/mol. The molecule has 0 spiro atoms. The van der Waals surface area contributed by atoms with Crippen LogP contribution < -0.4 is 4.90 Å². The largest absolute Gasteiger partial charge is 0.383 e. The number of para-hydroxylation sites is 1. The van der Waals surface area contributed by atoms with Crippen LogP contribution in [0.3, 0.4) is 0 Å². The van der Waals surface area contributed by atoms with E-state index in [-0.39, 0.29) is 11.8 Å². The Morgan fingerprint density at radius 3 is 3.10 bits per heavy atom. The number of carbonyl (C=O) groups is 1. The first-order valence-electron chi connectivity index (χ1n) is 7.03. The van der Waals surface area contributed by atoms with Crippen LogP contribution in [0, 0.1) is 5.92 Å². The fourth-order valence-electron chi connectivity index (χ4n) is 2.41. The summed E-state index contributed by atoms with van der Waals surface area (Å²) in [5, 5.41) is 0.741. The molecule has 2 heterocycles. The Balaban J connectivity index is 1.88. The van der Waals surface area contributed by atoms with E-state index in [9.17, 15) is 4.79 Å². The molecule has 1 aromatic carbocycles. The molecule has 0 saturated carbocycles. The molecular weight excluding hydrogens is 288 g/mol. The number of hydrogen-bond acceptors (Lipinski definition) is 5. The maximum atomic E-state index is 12.7. The summed E-state index contributed by atoms with van der Waals surface area (Å²) in [6.07, 6.45) is 0.785. The van der Waals surface area contributed by atoms with Gasteiger partial charge in [0.2, 0.25) is 5.91 Å². The number of anilines is 1. The van der Waals surface area contributed by atoms with Gasteiger partial charge in [-0.25, -0.2) is 4.98 Å². The normalized spacial score (nSPS) is 18.2. The van der Waals surface area contributed by atoms with E-state index < -0.39 is 0 Å². The summed E-state index contributed by atoms with van der Waals surface area (Å²) < 4.78 is 11.6. The van der Waals surface area contributed by atoms with Gasteiger partial charge in [0, 0.05) is 13.7 Å². The molecule has 0 N–H and O–H groups in total. The number of benzene rings is 1. The van der Waals surface area contributed by atoms with Crippen LogP contribution in [0.4, 0.5) is 5.13 Å². The zero-order valence-corrected chi connectivity index (χ0v) is 12.8. The summed E-state index contributed by atoms with van der Waals surface area (Å²) in [7, 11) is 1.64. The predicted molar refractivity (Wildman–Crippen MR) is 82.8 cm³/mol. The minimum absolute atomic E-state index is 0.0612. The van der Waals surface area contributed by atoms with E-state index in [1.165, 1.54) is 0 Å². The van der Waals surface area contributed by atoms with Crippen LogP contribution in [0.15, 0.2) is 24.3 Å². The molecule has 1 atom stereocenters. The molecule has 1 aromatic heterocycles. The highest BCUT2D eigenvalue weighted by atomic mass is 32.1. The molecule has 2 aromatic rings. The number of carbonyl (C=O) groups excluding carboxylic acids is 1. The first-order chi connectivity index (χ1) is 10.3. The van der Waals surface area contributed by atoms with Crippen molar-refractivity contribution in [2.24, 2.45) is 5.92 Å². The third kappa shape index (κ3) is 3.07. The molecule has 0 radical (unpaired) electrons. The minimum atomic E-state index is -0.0612. The molecule has 1 aliphatic heterocycles. The predicted octanol–water partition coefficient (Wildman–Crippen LogP) is 2.31. The number of fused-ring (bicyclic) bond motifs is 1. The third-order valence-electron chi connectivity index (χ3n) is 3.58. The second-order valence-electron chi connectivity index (χ2n) is 5.01. The molecular formula is C15H18N2O3S. The summed E-state index contributed by atoms with van der Waals surface area (Å²) in [5.41, 5.74) is 0.926. The van der Waals surface area contributed by atoms with Gasteiger partial charge in [0.05, 0.1) is 35.9 Å². The Morgan fingerprint density at radius 1 is 1.52 bits per heavy atom. The Hall–Kier alpha value is -1.50. The van der Waals surface area contributed by atoms with Crippen molar-refractivity contribution in [2.75, 3.05) is 38.4 Å². The number of amides is 1. The second-order valence-corrected chi connectivity index (χ2v) is 6.02. The standard InChI is InChI=1S/C15H18N2O3S/c1-19-9-7-17(14(18)11-6-8-20-10-11)15-16-12-4-2-3-5-13(12)21-15/h2-5,11H,6-10H2,1H3. The molecule has 1 saturated heterocycles. The van der Waals surface area contributed by atoms with Gasteiger partial charge in [0.15, 0.2) is 5.13 Å². The van der Waals surface area contributed by atoms with Gasteiger partial charge in [0.25, 0.3) is 0 Å². The van der Waals surface area contributed by atoms with E-state index in [0.717, 1.165) is 21.8 Å². The highest BCUT2D eigenvalue weighted by molar-refractivity contribution is 7.22. The Kier molecular flexibility index (Phi) is 4.48. The molecule has 112 valence electrons. The van der Waals surface area contributed by atoms with Crippen LogP contribution in [-0.2, 0) is 14.3 Å². The van der Waals surface area contributed by atoms with Gasteiger partial charge < -0.3 is 9.47 Å². The van der Waals surface area contributed by atoms with Gasteiger partial charge in [0.1, 0.15) is 0 Å². The minimum Gasteiger partial charge on any atom is -0.383 e. The van der Waals surface area contributed by atoms with Crippen molar-refractivity contribution in [3.8, 4) is 0 Å². The van der Waals surface area contributed by atoms with E-state index in [2.05, 4.69) is 4.98 Å². The van der Waals surface area contributed by atoms with E-state index in [4.69, 9.17) is 9.47 Å². The van der Waals surface area contributed by atoms with Crippen molar-refractivity contribution in [3.63, 3.8) is 0 Å². The highest BCUT2D eigenvalue weighted by Gasteiger charge is 2.30. The van der Waals surface area contributed by atoms with Crippen molar-refractivity contribution in [2.45, 2.75) is 6.42 Å². The molecule has 3 rings (SSSR count). The maximum absolute atomic E-state index is 12.7. The first-order valence-corrected chi connectivity index (χ1v) is 7.85. The Bertz CT molecular complexity index is 589. The number of rotatable bonds is 5. The van der Waals surface area contributed by atoms with Gasteiger partial charge in [-0.15, -0.1) is 0 Å². The Morgan fingerprint density at radius 2 is 2.38 bits per heavy atom. The van der Waals surface area contributed by atoms with Gasteiger partial charge in [-0.05, 0) is 18.6 Å². The van der Waals surface area contributed by atoms with Crippen LogP contribution in [0.5, 0.6) is 0 Å². The summed E-state index contributed by atoms with van der Waals surface area (Å²) >= 11 is 1.54. The molecule has 1 fully saturated rings. The number of thiazole rings is 1. The summed E-state index contributed by atoms with van der Waals surface area (Å²) in [4.78, 5) is 19.0. The zero-order chi connectivity index (χ0) is 14.7. The lowest BCUT2D eigenvalue weighted by Gasteiger charge is -2.22. The van der Waals surface area contributed by atoms with Gasteiger partial charge in [-0.1, -0.05) is 23.5 Å². The van der Waals surface area contributed by atoms with Crippen molar-refractivity contribution in [1.82, 2.24) is 4.98 Å². The smallest absolute Gasteiger partial charge is 0.234 e. The van der Waals surface area contributed by atoms with E-state index in [1.807, 2.05) is 24.3 Å². The van der Waals surface area contributed by atoms with Crippen LogP contribution >= 0.6 is 11.3 Å². The van der Waals surface area contributed by atoms with E-state index >= 15 is 0 Å². The van der Waals surface area contributed by atoms with Crippen molar-refractivity contribution in [3.05, 3.63) is 24.3 Å². The fourth-order valence-corrected chi connectivity index (χ4v) is 3.40. The van der Waals surface area contributed by atoms with Crippen LogP contribution in [0.2, 0.25) is 0 Å². The van der Waals surface area contributed by atoms with Gasteiger partial charge in [-0.2, -0.15) is 0 Å². The molecule has 0 aliphatic carbocycles. The monoisotopic (exact) mass is 306 g/mol. The quantitative estimate of drug-likeness (QED) is 0.850. The molecule has 21 heavy (non-hydrogen) atoms. The maximum Gasteiger partial charge on any atom is 0.234 e. The SMILES string of the molecule is COCCN(C(=O)C1CCOC1)c1nc2ccccc2s1. The third-order valence-corrected chi connectivity index (χ3v) is 4.64. The number of aromatic nitrogens is 1. The molecule has 5 nitrogen and oxygen atoms in total. The molecule has 6 heteroatoms. The summed E-state index contributed by atoms with van der Waals surface area (Å²) in [6, 6.07) is 7.93. The summed E-state index contributed by atoms with van der Waals surface area (Å²) in [6.45, 7) is 2.18. The van der Waals surface area contributed by atoms with Crippen LogP contribution in [0.25, 0.3) is 10.2 Å². The highest BCUT2D eigenvalue weighted by Crippen LogP contribution is 2.30. The number of hydrogen-bond donors (Lipinski definition) is 0. The van der Waals surface area contributed by atoms with Crippen LogP contribution in [0.1, 0.15) is 6.42 Å². The lowest BCUT2D eigenvalue weighted by atomic mass is 10.1. The molecule has 0 bridgehead atoms. The van der Waals surface area contributed by atoms with E-state index in [1.54, 1.807) is 23.3 Å². The van der Waals surface area contributed by atoms with Crippen molar-refractivity contribution < 1.29 is 14.3 Å².